The van der Waals surface area contributed by atoms with Crippen LogP contribution >= 0.6 is 0 Å². The van der Waals surface area contributed by atoms with Gasteiger partial charge in [-0.3, -0.25) is 9.80 Å². The Hall–Kier alpha value is -2.17. The lowest BCUT2D eigenvalue weighted by atomic mass is 9.99. The molecule has 1 heterocycles. The van der Waals surface area contributed by atoms with Gasteiger partial charge in [0.15, 0.2) is 0 Å². The molecule has 1 fully saturated rings. The molecule has 0 bridgehead atoms. The van der Waals surface area contributed by atoms with Gasteiger partial charge in [-0.25, -0.2) is 4.79 Å². The molecule has 3 atom stereocenters. The Labute approximate surface area is 169 Å². The molecule has 150 valence electrons. The van der Waals surface area contributed by atoms with E-state index in [9.17, 15) is 4.79 Å². The van der Waals surface area contributed by atoms with E-state index in [1.165, 1.54) is 0 Å². The number of ether oxygens (including phenoxy) is 1. The molecule has 0 spiro atoms. The van der Waals surface area contributed by atoms with E-state index in [1.807, 2.05) is 48.5 Å². The van der Waals surface area contributed by atoms with Gasteiger partial charge in [0.1, 0.15) is 6.61 Å². The van der Waals surface area contributed by atoms with E-state index in [-0.39, 0.29) is 12.0 Å². The molecule has 0 aliphatic carbocycles. The van der Waals surface area contributed by atoms with Crippen LogP contribution in [0.5, 0.6) is 0 Å². The number of nitrogens with zero attached hydrogens (tertiary/aromatic N) is 2. The number of likely N-dealkylation sites (N-methyl/N-ethyl adjacent to an activating group) is 1. The molecule has 1 aliphatic heterocycles. The molecular weight excluding hydrogens is 348 g/mol. The lowest BCUT2D eigenvalue weighted by molar-refractivity contribution is 0.0215. The van der Waals surface area contributed by atoms with Crippen molar-refractivity contribution in [1.29, 1.82) is 0 Å². The van der Waals surface area contributed by atoms with Crippen molar-refractivity contribution in [3.63, 3.8) is 0 Å². The summed E-state index contributed by atoms with van der Waals surface area (Å²) in [5.41, 5.74) is 2.78. The van der Waals surface area contributed by atoms with Crippen LogP contribution in [0.25, 0.3) is 0 Å². The third kappa shape index (κ3) is 4.81. The highest BCUT2D eigenvalue weighted by atomic mass is 16.5. The zero-order chi connectivity index (χ0) is 20.1. The first-order valence-electron chi connectivity index (χ1n) is 10.3. The summed E-state index contributed by atoms with van der Waals surface area (Å²) in [5.74, 6) is -0.268. The first-order chi connectivity index (χ1) is 13.5. The van der Waals surface area contributed by atoms with E-state index in [1.54, 1.807) is 0 Å². The van der Waals surface area contributed by atoms with Gasteiger partial charge in [-0.15, -0.1) is 0 Å². The molecule has 0 amide bonds. The van der Waals surface area contributed by atoms with Gasteiger partial charge in [0.2, 0.25) is 0 Å². The maximum Gasteiger partial charge on any atom is 0.338 e. The highest BCUT2D eigenvalue weighted by Gasteiger charge is 2.31. The standard InChI is InChI=1S/C24H32N2O2/c1-5-25-15-19(3)26(16-18(25)2)20(4)22-12-9-13-23(14-22)24(27)28-17-21-10-7-6-8-11-21/h6-14,18-20H,5,15-17H2,1-4H3/t18-,19+,20?/m1/s1. The largest absolute Gasteiger partial charge is 0.457 e. The van der Waals surface area contributed by atoms with E-state index < -0.39 is 0 Å². The van der Waals surface area contributed by atoms with Crippen LogP contribution < -0.4 is 0 Å². The summed E-state index contributed by atoms with van der Waals surface area (Å²) in [4.78, 5) is 17.6. The number of carbonyl (C=O) groups excluding carboxylic acids is 1. The number of piperazine rings is 1. The van der Waals surface area contributed by atoms with Crippen LogP contribution in [-0.2, 0) is 11.3 Å². The fourth-order valence-corrected chi connectivity index (χ4v) is 4.13. The van der Waals surface area contributed by atoms with E-state index >= 15 is 0 Å². The van der Waals surface area contributed by atoms with Crippen LogP contribution in [0.1, 0.15) is 55.2 Å². The summed E-state index contributed by atoms with van der Waals surface area (Å²) < 4.78 is 5.50. The zero-order valence-electron chi connectivity index (χ0n) is 17.5. The summed E-state index contributed by atoms with van der Waals surface area (Å²) in [5, 5.41) is 0. The topological polar surface area (TPSA) is 32.8 Å². The predicted molar refractivity (Wildman–Crippen MR) is 113 cm³/mol. The normalized spacial score (nSPS) is 22.0. The van der Waals surface area contributed by atoms with Crippen molar-refractivity contribution in [3.8, 4) is 0 Å². The molecule has 0 saturated carbocycles. The lowest BCUT2D eigenvalue weighted by Gasteiger charge is -2.46. The smallest absolute Gasteiger partial charge is 0.338 e. The Kier molecular flexibility index (Phi) is 6.87. The fourth-order valence-electron chi connectivity index (χ4n) is 4.13. The third-order valence-electron chi connectivity index (χ3n) is 5.88. The highest BCUT2D eigenvalue weighted by molar-refractivity contribution is 5.89. The molecule has 1 aliphatic rings. The van der Waals surface area contributed by atoms with E-state index in [2.05, 4.69) is 43.6 Å². The average Bonchev–Trinajstić information content (AvgIpc) is 2.73. The summed E-state index contributed by atoms with van der Waals surface area (Å²) in [7, 11) is 0. The van der Waals surface area contributed by atoms with Crippen LogP contribution in [0, 0.1) is 0 Å². The molecule has 1 unspecified atom stereocenters. The van der Waals surface area contributed by atoms with Gasteiger partial charge in [-0.2, -0.15) is 0 Å². The molecule has 3 rings (SSSR count). The summed E-state index contributed by atoms with van der Waals surface area (Å²) in [6, 6.07) is 19.0. The SMILES string of the molecule is CCN1C[C@H](C)N(C(C)c2cccc(C(=O)OCc3ccccc3)c2)C[C@H]1C. The van der Waals surface area contributed by atoms with Crippen LogP contribution in [0.15, 0.2) is 54.6 Å². The van der Waals surface area contributed by atoms with Crippen LogP contribution in [0.4, 0.5) is 0 Å². The molecule has 0 N–H and O–H groups in total. The Balaban J connectivity index is 1.67. The summed E-state index contributed by atoms with van der Waals surface area (Å²) in [6.45, 7) is 12.6. The van der Waals surface area contributed by atoms with Gasteiger partial charge >= 0.3 is 5.97 Å². The van der Waals surface area contributed by atoms with Crippen molar-refractivity contribution in [2.24, 2.45) is 0 Å². The average molecular weight is 381 g/mol. The molecular formula is C24H32N2O2. The second-order valence-electron chi connectivity index (χ2n) is 7.85. The molecule has 28 heavy (non-hydrogen) atoms. The molecule has 4 heteroatoms. The van der Waals surface area contributed by atoms with Gasteiger partial charge in [0, 0.05) is 31.2 Å². The maximum atomic E-state index is 12.5. The summed E-state index contributed by atoms with van der Waals surface area (Å²) >= 11 is 0. The third-order valence-corrected chi connectivity index (χ3v) is 5.88. The number of carbonyl (C=O) groups is 1. The van der Waals surface area contributed by atoms with Gasteiger partial charge in [0.25, 0.3) is 0 Å². The monoisotopic (exact) mass is 380 g/mol. The molecule has 1 saturated heterocycles. The highest BCUT2D eigenvalue weighted by Crippen LogP contribution is 2.27. The fraction of sp³-hybridized carbons (Fsp3) is 0.458. The zero-order valence-corrected chi connectivity index (χ0v) is 17.5. The number of esters is 1. The van der Waals surface area contributed by atoms with Crippen molar-refractivity contribution in [2.45, 2.75) is 52.4 Å². The van der Waals surface area contributed by atoms with Crippen LogP contribution in [0.2, 0.25) is 0 Å². The van der Waals surface area contributed by atoms with Crippen molar-refractivity contribution in [1.82, 2.24) is 9.80 Å². The molecule has 0 radical (unpaired) electrons. The number of hydrogen-bond donors (Lipinski definition) is 0. The Bertz CT molecular complexity index is 777. The minimum absolute atomic E-state index is 0.262. The van der Waals surface area contributed by atoms with Crippen molar-refractivity contribution in [2.75, 3.05) is 19.6 Å². The Morgan fingerprint density at radius 3 is 2.54 bits per heavy atom. The van der Waals surface area contributed by atoms with Crippen LogP contribution in [0.3, 0.4) is 0 Å². The molecule has 2 aromatic rings. The Morgan fingerprint density at radius 2 is 1.82 bits per heavy atom. The second-order valence-corrected chi connectivity index (χ2v) is 7.85. The lowest BCUT2D eigenvalue weighted by Crippen LogP contribution is -2.56. The second kappa shape index (κ2) is 9.35. The van der Waals surface area contributed by atoms with Gasteiger partial charge in [-0.05, 0) is 50.6 Å². The number of rotatable bonds is 6. The predicted octanol–water partition coefficient (Wildman–Crippen LogP) is 4.52. The quantitative estimate of drug-likeness (QED) is 0.690. The first kappa shape index (κ1) is 20.6. The van der Waals surface area contributed by atoms with E-state index in [0.29, 0.717) is 24.3 Å². The van der Waals surface area contributed by atoms with Crippen LogP contribution in [-0.4, -0.2) is 47.5 Å². The van der Waals surface area contributed by atoms with Gasteiger partial charge in [0.05, 0.1) is 5.56 Å². The first-order valence-corrected chi connectivity index (χ1v) is 10.3. The van der Waals surface area contributed by atoms with Crippen molar-refractivity contribution in [3.05, 3.63) is 71.3 Å². The Morgan fingerprint density at radius 1 is 1.07 bits per heavy atom. The van der Waals surface area contributed by atoms with Gasteiger partial charge in [-0.1, -0.05) is 49.4 Å². The number of benzene rings is 2. The summed E-state index contributed by atoms with van der Waals surface area (Å²) in [6.07, 6.45) is 0. The van der Waals surface area contributed by atoms with Gasteiger partial charge < -0.3 is 4.74 Å². The maximum absolute atomic E-state index is 12.5. The molecule has 2 aromatic carbocycles. The molecule has 4 nitrogen and oxygen atoms in total. The minimum atomic E-state index is -0.268. The van der Waals surface area contributed by atoms with E-state index in [0.717, 1.165) is 30.8 Å². The van der Waals surface area contributed by atoms with E-state index in [4.69, 9.17) is 4.74 Å². The van der Waals surface area contributed by atoms with Crippen molar-refractivity contribution < 1.29 is 9.53 Å². The number of hydrogen-bond acceptors (Lipinski definition) is 4. The molecule has 0 aromatic heterocycles. The minimum Gasteiger partial charge on any atom is -0.457 e. The van der Waals surface area contributed by atoms with Crippen molar-refractivity contribution >= 4 is 5.97 Å².